The predicted octanol–water partition coefficient (Wildman–Crippen LogP) is 7.40. The molecule has 3 aromatic rings. The molecule has 1 amide bonds. The van der Waals surface area contributed by atoms with Crippen molar-refractivity contribution in [3.63, 3.8) is 0 Å². The van der Waals surface area contributed by atoms with Gasteiger partial charge in [0.15, 0.2) is 11.5 Å². The molecule has 2 saturated carbocycles. The SMILES string of the molecule is C=CCOC12Oc3ccc(OCc4cccc(C)n4)cc3C3C(CCCCO)C(CCCCO)C=C(C(=NOC)CC1N(Cc1ccc4c(c1)OCO4)C(=O)C1CC1)C32. The molecule has 3 heterocycles. The fourth-order valence-corrected chi connectivity index (χ4v) is 9.83. The fourth-order valence-electron chi connectivity index (χ4n) is 9.83. The van der Waals surface area contributed by atoms with Crippen molar-refractivity contribution in [1.29, 1.82) is 0 Å². The molecule has 59 heavy (non-hydrogen) atoms. The molecule has 6 unspecified atom stereocenters. The molecule has 0 radical (unpaired) electrons. The molecule has 0 saturated heterocycles. The van der Waals surface area contributed by atoms with E-state index in [0.29, 0.717) is 55.4 Å². The van der Waals surface area contributed by atoms with E-state index in [9.17, 15) is 15.0 Å². The van der Waals surface area contributed by atoms with Gasteiger partial charge in [-0.05, 0) is 111 Å². The van der Waals surface area contributed by atoms with Crippen LogP contribution < -0.4 is 18.9 Å². The van der Waals surface area contributed by atoms with Crippen molar-refractivity contribution in [1.82, 2.24) is 9.88 Å². The zero-order valence-corrected chi connectivity index (χ0v) is 34.2. The number of carbonyl (C=O) groups excluding carboxylic acids is 1. The van der Waals surface area contributed by atoms with Crippen molar-refractivity contribution in [3.05, 3.63) is 101 Å². The molecular weight excluding hydrogens is 751 g/mol. The Balaban J connectivity index is 1.29. The van der Waals surface area contributed by atoms with E-state index in [4.69, 9.17) is 33.7 Å². The number of aliphatic hydroxyl groups is 2. The number of carbonyl (C=O) groups is 1. The lowest BCUT2D eigenvalue weighted by atomic mass is 9.55. The van der Waals surface area contributed by atoms with Gasteiger partial charge in [0.25, 0.3) is 0 Å². The van der Waals surface area contributed by atoms with Gasteiger partial charge in [-0.25, -0.2) is 0 Å². The van der Waals surface area contributed by atoms with Crippen LogP contribution >= 0.6 is 0 Å². The Kier molecular flexibility index (Phi) is 12.6. The molecule has 2 fully saturated rings. The van der Waals surface area contributed by atoms with Crippen LogP contribution in [0.4, 0.5) is 0 Å². The third kappa shape index (κ3) is 8.45. The lowest BCUT2D eigenvalue weighted by Gasteiger charge is -2.60. The van der Waals surface area contributed by atoms with Gasteiger partial charge >= 0.3 is 0 Å². The minimum Gasteiger partial charge on any atom is -0.487 e. The Morgan fingerprint density at radius 2 is 1.81 bits per heavy atom. The van der Waals surface area contributed by atoms with Gasteiger partial charge in [0.1, 0.15) is 31.3 Å². The van der Waals surface area contributed by atoms with Gasteiger partial charge in [-0.1, -0.05) is 42.3 Å². The van der Waals surface area contributed by atoms with Crippen LogP contribution in [0.3, 0.4) is 0 Å². The molecule has 2 N–H and O–H groups in total. The van der Waals surface area contributed by atoms with E-state index in [1.165, 1.54) is 0 Å². The van der Waals surface area contributed by atoms with E-state index in [-0.39, 0.29) is 56.2 Å². The van der Waals surface area contributed by atoms with Gasteiger partial charge in [-0.3, -0.25) is 9.78 Å². The van der Waals surface area contributed by atoms with E-state index >= 15 is 0 Å². The minimum atomic E-state index is -1.34. The Labute approximate surface area is 346 Å². The van der Waals surface area contributed by atoms with E-state index in [1.54, 1.807) is 13.2 Å². The summed E-state index contributed by atoms with van der Waals surface area (Å²) in [6.45, 7) is 7.21. The van der Waals surface area contributed by atoms with Crippen LogP contribution in [0, 0.1) is 30.6 Å². The summed E-state index contributed by atoms with van der Waals surface area (Å²) >= 11 is 0. The number of pyridine rings is 1. The number of aryl methyl sites for hydroxylation is 1. The van der Waals surface area contributed by atoms with Crippen LogP contribution in [0.15, 0.2) is 84.1 Å². The highest BCUT2D eigenvalue weighted by Crippen LogP contribution is 2.62. The summed E-state index contributed by atoms with van der Waals surface area (Å²) < 4.78 is 32.4. The van der Waals surface area contributed by atoms with Crippen molar-refractivity contribution < 1.29 is 43.5 Å². The van der Waals surface area contributed by atoms with Crippen LogP contribution in [0.2, 0.25) is 0 Å². The van der Waals surface area contributed by atoms with Crippen molar-refractivity contribution in [2.75, 3.05) is 33.7 Å². The molecule has 12 heteroatoms. The van der Waals surface area contributed by atoms with E-state index < -0.39 is 17.7 Å². The Morgan fingerprint density at radius 1 is 1.02 bits per heavy atom. The van der Waals surface area contributed by atoms with Gasteiger partial charge in [-0.2, -0.15) is 0 Å². The number of hydrogen-bond donors (Lipinski definition) is 2. The number of aliphatic hydroxyl groups excluding tert-OH is 2. The summed E-state index contributed by atoms with van der Waals surface area (Å²) in [5, 5.41) is 24.5. The third-order valence-corrected chi connectivity index (χ3v) is 12.6. The monoisotopic (exact) mass is 807 g/mol. The molecule has 6 atom stereocenters. The maximum Gasteiger partial charge on any atom is 0.239 e. The van der Waals surface area contributed by atoms with Gasteiger partial charge in [-0.15, -0.1) is 6.58 Å². The molecule has 0 spiro atoms. The second-order valence-corrected chi connectivity index (χ2v) is 16.4. The Hall–Kier alpha value is -4.91. The summed E-state index contributed by atoms with van der Waals surface area (Å²) in [6.07, 6.45) is 10.8. The molecule has 0 bridgehead atoms. The molecule has 2 aromatic carbocycles. The van der Waals surface area contributed by atoms with Crippen molar-refractivity contribution in [2.24, 2.45) is 28.8 Å². The second-order valence-electron chi connectivity index (χ2n) is 16.4. The summed E-state index contributed by atoms with van der Waals surface area (Å²) in [5.41, 5.74) is 5.42. The Morgan fingerprint density at radius 3 is 2.58 bits per heavy atom. The zero-order chi connectivity index (χ0) is 40.9. The number of rotatable bonds is 19. The van der Waals surface area contributed by atoms with E-state index in [0.717, 1.165) is 72.3 Å². The van der Waals surface area contributed by atoms with Gasteiger partial charge in [0, 0.05) is 49.3 Å². The molecule has 2 aliphatic heterocycles. The Bertz CT molecular complexity index is 2050. The normalized spacial score (nSPS) is 25.7. The van der Waals surface area contributed by atoms with Crippen LogP contribution in [0.1, 0.15) is 86.2 Å². The lowest BCUT2D eigenvalue weighted by Crippen LogP contribution is -2.70. The van der Waals surface area contributed by atoms with Crippen LogP contribution in [0.25, 0.3) is 0 Å². The number of unbranched alkanes of at least 4 members (excludes halogenated alkanes) is 2. The molecule has 12 nitrogen and oxygen atoms in total. The third-order valence-electron chi connectivity index (χ3n) is 12.6. The first-order chi connectivity index (χ1) is 28.9. The average molecular weight is 808 g/mol. The number of nitrogens with zero attached hydrogens (tertiary/aromatic N) is 3. The summed E-state index contributed by atoms with van der Waals surface area (Å²) in [6, 6.07) is 17.2. The number of amides is 1. The number of oxime groups is 1. The lowest BCUT2D eigenvalue weighted by molar-refractivity contribution is -0.258. The number of benzene rings is 2. The van der Waals surface area contributed by atoms with E-state index in [2.05, 4.69) is 23.7 Å². The van der Waals surface area contributed by atoms with E-state index in [1.807, 2.05) is 60.4 Å². The number of allylic oxidation sites excluding steroid dienone is 1. The maximum absolute atomic E-state index is 14.8. The number of aromatic nitrogens is 1. The summed E-state index contributed by atoms with van der Waals surface area (Å²) in [4.78, 5) is 27.0. The quantitative estimate of drug-likeness (QED) is 0.0715. The standard InChI is InChI=1S/C47H57N3O9/c1-4-22-58-47-43(50(46(53)32-15-16-32)27-31-14-18-41-42(23-31)57-29-56-41)26-39(49-54-3)37-24-33(11-5-7-20-51)36(13-6-8-21-52)44(45(37)47)38-25-35(17-19-40(38)59-47)55-28-34-12-9-10-30(2)48-34/h4,9-10,12,14,17-19,23-25,32-33,36,43-45,51-52H,1,5-8,11,13,15-16,20-22,26-29H2,2-3H3. The summed E-state index contributed by atoms with van der Waals surface area (Å²) in [5.74, 6) is 0.977. The first-order valence-electron chi connectivity index (χ1n) is 21.2. The predicted molar refractivity (Wildman–Crippen MR) is 221 cm³/mol. The first-order valence-corrected chi connectivity index (χ1v) is 21.2. The molecule has 5 aliphatic rings. The fraction of sp³-hybridized carbons (Fsp3) is 0.511. The largest absolute Gasteiger partial charge is 0.487 e. The number of ether oxygens (including phenoxy) is 5. The maximum atomic E-state index is 14.8. The molecule has 1 aromatic heterocycles. The average Bonchev–Trinajstić information content (AvgIpc) is 3.99. The van der Waals surface area contributed by atoms with Crippen molar-refractivity contribution in [3.8, 4) is 23.0 Å². The molecule has 314 valence electrons. The topological polar surface area (TPSA) is 141 Å². The highest BCUT2D eigenvalue weighted by molar-refractivity contribution is 6.03. The smallest absolute Gasteiger partial charge is 0.239 e. The van der Waals surface area contributed by atoms with Gasteiger partial charge in [0.05, 0.1) is 23.9 Å². The highest BCUT2D eigenvalue weighted by atomic mass is 16.7. The number of hydrogen-bond acceptors (Lipinski definition) is 11. The minimum absolute atomic E-state index is 0.0510. The highest BCUT2D eigenvalue weighted by Gasteiger charge is 2.66. The van der Waals surface area contributed by atoms with Crippen LogP contribution in [-0.2, 0) is 27.5 Å². The molecule has 8 rings (SSSR count). The van der Waals surface area contributed by atoms with Gasteiger partial charge in [0.2, 0.25) is 18.5 Å². The number of fused-ring (bicyclic) bond motifs is 3. The zero-order valence-electron chi connectivity index (χ0n) is 34.2. The van der Waals surface area contributed by atoms with Crippen molar-refractivity contribution in [2.45, 2.75) is 95.6 Å². The van der Waals surface area contributed by atoms with Gasteiger partial charge < -0.3 is 43.6 Å². The molecular formula is C47H57N3O9. The van der Waals surface area contributed by atoms with Crippen molar-refractivity contribution >= 4 is 11.6 Å². The second kappa shape index (κ2) is 18.1. The summed E-state index contributed by atoms with van der Waals surface area (Å²) in [7, 11) is 1.56. The van der Waals surface area contributed by atoms with Crippen LogP contribution in [-0.4, -0.2) is 77.3 Å². The molecule has 3 aliphatic carbocycles. The first kappa shape index (κ1) is 40.9. The van der Waals surface area contributed by atoms with Crippen LogP contribution in [0.5, 0.6) is 23.0 Å².